The van der Waals surface area contributed by atoms with Gasteiger partial charge in [-0.15, -0.1) is 0 Å². The minimum absolute atomic E-state index is 0.0382. The maximum absolute atomic E-state index is 12.7. The van der Waals surface area contributed by atoms with Crippen LogP contribution in [0.15, 0.2) is 18.2 Å². The molecule has 0 saturated carbocycles. The number of anilines is 2. The molecule has 1 aromatic rings. The second-order valence-electron chi connectivity index (χ2n) is 5.78. The lowest BCUT2D eigenvalue weighted by molar-refractivity contribution is 0.0744. The summed E-state index contributed by atoms with van der Waals surface area (Å²) in [5.41, 5.74) is 13.3. The van der Waals surface area contributed by atoms with Crippen LogP contribution >= 0.6 is 0 Å². The van der Waals surface area contributed by atoms with Crippen LogP contribution in [0.4, 0.5) is 11.4 Å². The van der Waals surface area contributed by atoms with Crippen molar-refractivity contribution in [1.82, 2.24) is 9.80 Å². The summed E-state index contributed by atoms with van der Waals surface area (Å²) in [6.45, 7) is 3.92. The van der Waals surface area contributed by atoms with Gasteiger partial charge in [-0.1, -0.05) is 0 Å². The first-order valence-corrected chi connectivity index (χ1v) is 7.33. The SMILES string of the molecule is Nc1ccc(C(=O)N2CCCN3CCCC3C2)c(N)c1. The molecule has 4 N–H and O–H groups in total. The van der Waals surface area contributed by atoms with Gasteiger partial charge < -0.3 is 16.4 Å². The summed E-state index contributed by atoms with van der Waals surface area (Å²) in [6.07, 6.45) is 3.48. The minimum atomic E-state index is 0.0382. The molecule has 5 heteroatoms. The summed E-state index contributed by atoms with van der Waals surface area (Å²) < 4.78 is 0. The van der Waals surface area contributed by atoms with Crippen molar-refractivity contribution in [2.75, 3.05) is 37.6 Å². The molecule has 0 spiro atoms. The smallest absolute Gasteiger partial charge is 0.256 e. The molecule has 2 aliphatic heterocycles. The Bertz CT molecular complexity index is 517. The molecular weight excluding hydrogens is 252 g/mol. The molecule has 2 saturated heterocycles. The van der Waals surface area contributed by atoms with Crippen LogP contribution in [0.1, 0.15) is 29.6 Å². The Morgan fingerprint density at radius 2 is 1.95 bits per heavy atom. The highest BCUT2D eigenvalue weighted by Crippen LogP contribution is 2.24. The van der Waals surface area contributed by atoms with E-state index in [1.807, 2.05) is 4.90 Å². The summed E-state index contributed by atoms with van der Waals surface area (Å²) in [7, 11) is 0. The van der Waals surface area contributed by atoms with Gasteiger partial charge in [-0.3, -0.25) is 9.69 Å². The number of rotatable bonds is 1. The molecule has 1 aromatic carbocycles. The highest BCUT2D eigenvalue weighted by molar-refractivity contribution is 5.99. The number of fused-ring (bicyclic) bond motifs is 1. The highest BCUT2D eigenvalue weighted by atomic mass is 16.2. The van der Waals surface area contributed by atoms with E-state index in [-0.39, 0.29) is 5.91 Å². The number of nitrogens with two attached hydrogens (primary N) is 2. The van der Waals surface area contributed by atoms with Gasteiger partial charge in [-0.25, -0.2) is 0 Å². The Hall–Kier alpha value is -1.75. The molecule has 0 aromatic heterocycles. The van der Waals surface area contributed by atoms with E-state index in [0.717, 1.165) is 26.1 Å². The quantitative estimate of drug-likeness (QED) is 0.754. The molecule has 1 atom stereocenters. The van der Waals surface area contributed by atoms with E-state index in [4.69, 9.17) is 11.5 Å². The molecule has 108 valence electrons. The van der Waals surface area contributed by atoms with Gasteiger partial charge in [0.1, 0.15) is 0 Å². The number of benzene rings is 1. The Morgan fingerprint density at radius 3 is 2.75 bits per heavy atom. The third-order valence-electron chi connectivity index (χ3n) is 4.40. The number of amides is 1. The summed E-state index contributed by atoms with van der Waals surface area (Å²) in [5, 5.41) is 0. The summed E-state index contributed by atoms with van der Waals surface area (Å²) in [4.78, 5) is 17.1. The maximum Gasteiger partial charge on any atom is 0.256 e. The predicted molar refractivity (Wildman–Crippen MR) is 80.4 cm³/mol. The van der Waals surface area contributed by atoms with Crippen molar-refractivity contribution in [3.8, 4) is 0 Å². The Morgan fingerprint density at radius 1 is 1.15 bits per heavy atom. The normalized spacial score (nSPS) is 23.4. The van der Waals surface area contributed by atoms with Crippen LogP contribution in [0.25, 0.3) is 0 Å². The van der Waals surface area contributed by atoms with Crippen LogP contribution in [0, 0.1) is 0 Å². The van der Waals surface area contributed by atoms with Gasteiger partial charge in [0.25, 0.3) is 5.91 Å². The highest BCUT2D eigenvalue weighted by Gasteiger charge is 2.31. The van der Waals surface area contributed by atoms with Crippen molar-refractivity contribution in [1.29, 1.82) is 0 Å². The Labute approximate surface area is 119 Å². The lowest BCUT2D eigenvalue weighted by Crippen LogP contribution is -2.39. The van der Waals surface area contributed by atoms with Crippen molar-refractivity contribution in [2.45, 2.75) is 25.3 Å². The van der Waals surface area contributed by atoms with Crippen LogP contribution in [0.2, 0.25) is 0 Å². The first-order valence-electron chi connectivity index (χ1n) is 7.33. The van der Waals surface area contributed by atoms with Gasteiger partial charge in [0.2, 0.25) is 0 Å². The van der Waals surface area contributed by atoms with Gasteiger partial charge in [0.05, 0.1) is 5.56 Å². The second kappa shape index (κ2) is 5.32. The minimum Gasteiger partial charge on any atom is -0.399 e. The van der Waals surface area contributed by atoms with Crippen LogP contribution < -0.4 is 11.5 Å². The number of carbonyl (C=O) groups is 1. The molecular formula is C15H22N4O. The van der Waals surface area contributed by atoms with Crippen LogP contribution in [-0.4, -0.2) is 47.9 Å². The summed E-state index contributed by atoms with van der Waals surface area (Å²) in [5.74, 6) is 0.0382. The lowest BCUT2D eigenvalue weighted by atomic mass is 10.1. The standard InChI is InChI=1S/C15H22N4O/c16-11-4-5-13(14(17)9-11)15(20)19-8-2-7-18-6-1-3-12(18)10-19/h4-5,9,12H,1-3,6-8,10,16-17H2. The van der Waals surface area contributed by atoms with Crippen molar-refractivity contribution in [3.63, 3.8) is 0 Å². The molecule has 2 aliphatic rings. The van der Waals surface area contributed by atoms with E-state index < -0.39 is 0 Å². The molecule has 0 radical (unpaired) electrons. The van der Waals surface area contributed by atoms with Crippen LogP contribution in [-0.2, 0) is 0 Å². The zero-order chi connectivity index (χ0) is 14.1. The third kappa shape index (κ3) is 2.45. The first-order chi connectivity index (χ1) is 9.65. The molecule has 1 unspecified atom stereocenters. The zero-order valence-electron chi connectivity index (χ0n) is 11.7. The Kier molecular flexibility index (Phi) is 3.53. The van der Waals surface area contributed by atoms with E-state index in [2.05, 4.69) is 4.90 Å². The van der Waals surface area contributed by atoms with Gasteiger partial charge in [0, 0.05) is 37.1 Å². The molecule has 1 amide bonds. The van der Waals surface area contributed by atoms with E-state index in [9.17, 15) is 4.79 Å². The number of nitrogens with zero attached hydrogens (tertiary/aromatic N) is 2. The molecule has 0 aliphatic carbocycles. The van der Waals surface area contributed by atoms with E-state index >= 15 is 0 Å². The Balaban J connectivity index is 1.79. The maximum atomic E-state index is 12.7. The fraction of sp³-hybridized carbons (Fsp3) is 0.533. The summed E-state index contributed by atoms with van der Waals surface area (Å²) >= 11 is 0. The zero-order valence-corrected chi connectivity index (χ0v) is 11.7. The third-order valence-corrected chi connectivity index (χ3v) is 4.40. The second-order valence-corrected chi connectivity index (χ2v) is 5.78. The fourth-order valence-corrected chi connectivity index (χ4v) is 3.34. The topological polar surface area (TPSA) is 75.6 Å². The van der Waals surface area contributed by atoms with Crippen LogP contribution in [0.5, 0.6) is 0 Å². The molecule has 5 nitrogen and oxygen atoms in total. The largest absolute Gasteiger partial charge is 0.399 e. The average molecular weight is 274 g/mol. The molecule has 0 bridgehead atoms. The van der Waals surface area contributed by atoms with Crippen LogP contribution in [0.3, 0.4) is 0 Å². The number of hydrogen-bond acceptors (Lipinski definition) is 4. The van der Waals surface area contributed by atoms with E-state index in [1.165, 1.54) is 19.4 Å². The number of carbonyl (C=O) groups excluding carboxylic acids is 1. The molecule has 2 heterocycles. The van der Waals surface area contributed by atoms with E-state index in [1.54, 1.807) is 18.2 Å². The number of nitrogen functional groups attached to an aromatic ring is 2. The lowest BCUT2D eigenvalue weighted by Gasteiger charge is -2.26. The van der Waals surface area contributed by atoms with Gasteiger partial charge in [-0.2, -0.15) is 0 Å². The van der Waals surface area contributed by atoms with Crippen molar-refractivity contribution >= 4 is 17.3 Å². The van der Waals surface area contributed by atoms with Crippen molar-refractivity contribution in [2.24, 2.45) is 0 Å². The predicted octanol–water partition coefficient (Wildman–Crippen LogP) is 1.16. The number of hydrogen-bond donors (Lipinski definition) is 2. The molecule has 3 rings (SSSR count). The monoisotopic (exact) mass is 274 g/mol. The summed E-state index contributed by atoms with van der Waals surface area (Å²) in [6, 6.07) is 5.66. The van der Waals surface area contributed by atoms with E-state index in [0.29, 0.717) is 23.0 Å². The van der Waals surface area contributed by atoms with Crippen molar-refractivity contribution < 1.29 is 4.79 Å². The van der Waals surface area contributed by atoms with Crippen molar-refractivity contribution in [3.05, 3.63) is 23.8 Å². The average Bonchev–Trinajstić information content (AvgIpc) is 2.75. The molecule has 20 heavy (non-hydrogen) atoms. The molecule has 2 fully saturated rings. The fourth-order valence-electron chi connectivity index (χ4n) is 3.34. The van der Waals surface area contributed by atoms with Gasteiger partial charge >= 0.3 is 0 Å². The first kappa shape index (κ1) is 13.2. The van der Waals surface area contributed by atoms with Gasteiger partial charge in [-0.05, 0) is 44.0 Å². The van der Waals surface area contributed by atoms with Gasteiger partial charge in [0.15, 0.2) is 0 Å².